The molecule has 0 saturated carbocycles. The Kier molecular flexibility index (Phi) is 3.47. The molecule has 1 heterocycles. The summed E-state index contributed by atoms with van der Waals surface area (Å²) in [6.07, 6.45) is 0.205. The normalized spacial score (nSPS) is 26.2. The standard InChI is InChI=1S/C12H15ClFNO/c1-2-15-6-5-11(16)12(15)9-4-3-8(13)7-10(9)14/h3-4,7,11-12,16H,2,5-6H2,1H3. The quantitative estimate of drug-likeness (QED) is 0.863. The van der Waals surface area contributed by atoms with Crippen molar-refractivity contribution in [1.82, 2.24) is 4.90 Å². The number of likely N-dealkylation sites (N-methyl/N-ethyl adjacent to an activating group) is 1. The monoisotopic (exact) mass is 243 g/mol. The van der Waals surface area contributed by atoms with Gasteiger partial charge in [-0.1, -0.05) is 24.6 Å². The van der Waals surface area contributed by atoms with Gasteiger partial charge in [-0.05, 0) is 25.1 Å². The van der Waals surface area contributed by atoms with Crippen LogP contribution in [0.1, 0.15) is 24.9 Å². The summed E-state index contributed by atoms with van der Waals surface area (Å²) < 4.78 is 13.8. The highest BCUT2D eigenvalue weighted by molar-refractivity contribution is 6.30. The number of rotatable bonds is 2. The van der Waals surface area contributed by atoms with Crippen LogP contribution in [0.15, 0.2) is 18.2 Å². The summed E-state index contributed by atoms with van der Waals surface area (Å²) in [5, 5.41) is 10.3. The van der Waals surface area contributed by atoms with Crippen LogP contribution in [0.4, 0.5) is 4.39 Å². The molecule has 0 amide bonds. The van der Waals surface area contributed by atoms with Crippen molar-refractivity contribution < 1.29 is 9.50 Å². The zero-order valence-electron chi connectivity index (χ0n) is 9.16. The minimum absolute atomic E-state index is 0.234. The molecule has 16 heavy (non-hydrogen) atoms. The molecule has 1 aromatic carbocycles. The number of aliphatic hydroxyl groups excluding tert-OH is 1. The molecule has 0 spiro atoms. The summed E-state index contributed by atoms with van der Waals surface area (Å²) in [5.41, 5.74) is 0.538. The first-order chi connectivity index (χ1) is 7.63. The lowest BCUT2D eigenvalue weighted by molar-refractivity contribution is 0.116. The zero-order valence-corrected chi connectivity index (χ0v) is 9.91. The van der Waals surface area contributed by atoms with Crippen molar-refractivity contribution in [3.63, 3.8) is 0 Å². The van der Waals surface area contributed by atoms with Gasteiger partial charge in [0.25, 0.3) is 0 Å². The smallest absolute Gasteiger partial charge is 0.129 e. The van der Waals surface area contributed by atoms with E-state index in [1.54, 1.807) is 12.1 Å². The number of benzene rings is 1. The largest absolute Gasteiger partial charge is 0.391 e. The van der Waals surface area contributed by atoms with Gasteiger partial charge in [-0.2, -0.15) is 0 Å². The van der Waals surface area contributed by atoms with Crippen molar-refractivity contribution in [3.05, 3.63) is 34.6 Å². The Hall–Kier alpha value is -0.640. The summed E-state index contributed by atoms with van der Waals surface area (Å²) >= 11 is 5.71. The Morgan fingerprint density at radius 2 is 2.31 bits per heavy atom. The minimum atomic E-state index is -0.490. The molecule has 0 aromatic heterocycles. The number of nitrogens with zero attached hydrogens (tertiary/aromatic N) is 1. The number of likely N-dealkylation sites (tertiary alicyclic amines) is 1. The molecule has 2 atom stereocenters. The molecule has 2 nitrogen and oxygen atoms in total. The van der Waals surface area contributed by atoms with Crippen molar-refractivity contribution in [2.75, 3.05) is 13.1 Å². The molecule has 88 valence electrons. The van der Waals surface area contributed by atoms with Crippen LogP contribution in [0, 0.1) is 5.82 Å². The molecule has 0 bridgehead atoms. The van der Waals surface area contributed by atoms with Gasteiger partial charge in [-0.3, -0.25) is 4.90 Å². The molecule has 2 unspecified atom stereocenters. The molecule has 1 fully saturated rings. The second-order valence-corrected chi connectivity index (χ2v) is 4.53. The van der Waals surface area contributed by atoms with E-state index in [4.69, 9.17) is 11.6 Å². The first-order valence-electron chi connectivity index (χ1n) is 5.50. The Morgan fingerprint density at radius 3 is 2.94 bits per heavy atom. The third kappa shape index (κ3) is 2.08. The van der Waals surface area contributed by atoms with E-state index < -0.39 is 6.10 Å². The highest BCUT2D eigenvalue weighted by atomic mass is 35.5. The van der Waals surface area contributed by atoms with Gasteiger partial charge < -0.3 is 5.11 Å². The molecular formula is C12H15ClFNO. The summed E-state index contributed by atoms with van der Waals surface area (Å²) in [6, 6.07) is 4.40. The lowest BCUT2D eigenvalue weighted by Crippen LogP contribution is -2.27. The van der Waals surface area contributed by atoms with Crippen LogP contribution in [-0.2, 0) is 0 Å². The summed E-state index contributed by atoms with van der Waals surface area (Å²) in [4.78, 5) is 2.08. The molecule has 1 aliphatic heterocycles. The van der Waals surface area contributed by atoms with E-state index in [2.05, 4.69) is 4.90 Å². The van der Waals surface area contributed by atoms with Crippen LogP contribution in [0.3, 0.4) is 0 Å². The van der Waals surface area contributed by atoms with E-state index in [1.165, 1.54) is 6.07 Å². The van der Waals surface area contributed by atoms with Crippen molar-refractivity contribution >= 4 is 11.6 Å². The van der Waals surface area contributed by atoms with E-state index in [0.717, 1.165) is 13.1 Å². The Morgan fingerprint density at radius 1 is 1.56 bits per heavy atom. The van der Waals surface area contributed by atoms with Gasteiger partial charge in [0.15, 0.2) is 0 Å². The fourth-order valence-electron chi connectivity index (χ4n) is 2.34. The van der Waals surface area contributed by atoms with E-state index in [0.29, 0.717) is 17.0 Å². The van der Waals surface area contributed by atoms with Crippen LogP contribution in [0.2, 0.25) is 5.02 Å². The first-order valence-corrected chi connectivity index (χ1v) is 5.88. The molecule has 0 radical (unpaired) electrons. The second kappa shape index (κ2) is 4.70. The number of hydrogen-bond donors (Lipinski definition) is 1. The average Bonchev–Trinajstić information content (AvgIpc) is 2.60. The maximum absolute atomic E-state index is 13.8. The van der Waals surface area contributed by atoms with Crippen LogP contribution >= 0.6 is 11.6 Å². The maximum atomic E-state index is 13.8. The second-order valence-electron chi connectivity index (χ2n) is 4.10. The van der Waals surface area contributed by atoms with Gasteiger partial charge in [0.1, 0.15) is 5.82 Å². The lowest BCUT2D eigenvalue weighted by Gasteiger charge is -2.25. The van der Waals surface area contributed by atoms with Crippen molar-refractivity contribution in [1.29, 1.82) is 0 Å². The fourth-order valence-corrected chi connectivity index (χ4v) is 2.50. The van der Waals surface area contributed by atoms with Crippen LogP contribution in [-0.4, -0.2) is 29.2 Å². The van der Waals surface area contributed by atoms with Crippen LogP contribution in [0.25, 0.3) is 0 Å². The zero-order chi connectivity index (χ0) is 11.7. The SMILES string of the molecule is CCN1CCC(O)C1c1ccc(Cl)cc1F. The Bertz CT molecular complexity index is 385. The average molecular weight is 244 g/mol. The van der Waals surface area contributed by atoms with Gasteiger partial charge in [0, 0.05) is 17.1 Å². The van der Waals surface area contributed by atoms with E-state index in [9.17, 15) is 9.50 Å². The van der Waals surface area contributed by atoms with Crippen molar-refractivity contribution in [2.45, 2.75) is 25.5 Å². The highest BCUT2D eigenvalue weighted by Crippen LogP contribution is 2.34. The van der Waals surface area contributed by atoms with Crippen LogP contribution < -0.4 is 0 Å². The third-order valence-corrected chi connectivity index (χ3v) is 3.39. The molecular weight excluding hydrogens is 229 g/mol. The van der Waals surface area contributed by atoms with Gasteiger partial charge in [-0.25, -0.2) is 4.39 Å². The summed E-state index contributed by atoms with van der Waals surface area (Å²) in [7, 11) is 0. The third-order valence-electron chi connectivity index (χ3n) is 3.16. The van der Waals surface area contributed by atoms with Gasteiger partial charge >= 0.3 is 0 Å². The summed E-state index contributed by atoms with van der Waals surface area (Å²) in [5.74, 6) is -0.336. The molecule has 0 aliphatic carbocycles. The predicted octanol–water partition coefficient (Wildman–Crippen LogP) is 2.61. The molecule has 1 saturated heterocycles. The lowest BCUT2D eigenvalue weighted by atomic mass is 10.0. The topological polar surface area (TPSA) is 23.5 Å². The van der Waals surface area contributed by atoms with Gasteiger partial charge in [0.2, 0.25) is 0 Å². The predicted molar refractivity (Wildman–Crippen MR) is 62.0 cm³/mol. The Balaban J connectivity index is 2.34. The fraction of sp³-hybridized carbons (Fsp3) is 0.500. The molecule has 1 aromatic rings. The van der Waals surface area contributed by atoms with Crippen molar-refractivity contribution in [3.8, 4) is 0 Å². The van der Waals surface area contributed by atoms with Crippen molar-refractivity contribution in [2.24, 2.45) is 0 Å². The maximum Gasteiger partial charge on any atom is 0.129 e. The van der Waals surface area contributed by atoms with Gasteiger partial charge in [-0.15, -0.1) is 0 Å². The molecule has 1 N–H and O–H groups in total. The number of halogens is 2. The molecule has 1 aliphatic rings. The van der Waals surface area contributed by atoms with E-state index >= 15 is 0 Å². The summed E-state index contributed by atoms with van der Waals surface area (Å²) in [6.45, 7) is 3.63. The number of aliphatic hydroxyl groups is 1. The Labute approximate surface area is 99.6 Å². The van der Waals surface area contributed by atoms with Gasteiger partial charge in [0.05, 0.1) is 12.1 Å². The molecule has 2 rings (SSSR count). The number of hydrogen-bond acceptors (Lipinski definition) is 2. The van der Waals surface area contributed by atoms with E-state index in [1.807, 2.05) is 6.92 Å². The minimum Gasteiger partial charge on any atom is -0.391 e. The first kappa shape index (κ1) is 11.8. The highest BCUT2D eigenvalue weighted by Gasteiger charge is 2.34. The van der Waals surface area contributed by atoms with E-state index in [-0.39, 0.29) is 11.9 Å². The van der Waals surface area contributed by atoms with Crippen LogP contribution in [0.5, 0.6) is 0 Å². The molecule has 4 heteroatoms.